The fourth-order valence-corrected chi connectivity index (χ4v) is 5.73. The number of ether oxygens (including phenoxy) is 2. The summed E-state index contributed by atoms with van der Waals surface area (Å²) in [4.78, 5) is 14.8. The van der Waals surface area contributed by atoms with E-state index in [4.69, 9.17) is 9.47 Å². The van der Waals surface area contributed by atoms with Crippen molar-refractivity contribution in [2.24, 2.45) is 0 Å². The minimum Gasteiger partial charge on any atom is -0.493 e. The SMILES string of the molecule is COc1ccc2c3c1OC1C(=O)CC(O)C4(O)C(C2)N(C)CCC314. The van der Waals surface area contributed by atoms with Crippen molar-refractivity contribution >= 4 is 5.78 Å². The van der Waals surface area contributed by atoms with Crippen molar-refractivity contribution in [3.8, 4) is 11.5 Å². The lowest BCUT2D eigenvalue weighted by Crippen LogP contribution is -2.80. The van der Waals surface area contributed by atoms with E-state index in [0.717, 1.165) is 17.7 Å². The van der Waals surface area contributed by atoms with Gasteiger partial charge in [0.25, 0.3) is 0 Å². The van der Waals surface area contributed by atoms with Crippen LogP contribution in [0.5, 0.6) is 11.5 Å². The molecule has 2 N–H and O–H groups in total. The van der Waals surface area contributed by atoms with Crippen LogP contribution in [-0.2, 0) is 16.6 Å². The van der Waals surface area contributed by atoms with E-state index in [-0.39, 0.29) is 18.2 Å². The molecule has 0 amide bonds. The molecule has 1 aromatic rings. The molecule has 2 bridgehead atoms. The van der Waals surface area contributed by atoms with Gasteiger partial charge < -0.3 is 24.6 Å². The Morgan fingerprint density at radius 1 is 1.38 bits per heavy atom. The first-order valence-corrected chi connectivity index (χ1v) is 8.45. The number of likely N-dealkylation sites (N-methyl/N-ethyl adjacent to an activating group) is 1. The van der Waals surface area contributed by atoms with E-state index >= 15 is 0 Å². The third kappa shape index (κ3) is 1.31. The van der Waals surface area contributed by atoms with Gasteiger partial charge in [0.1, 0.15) is 5.60 Å². The average molecular weight is 331 g/mol. The summed E-state index contributed by atoms with van der Waals surface area (Å²) in [5.41, 5.74) is -0.304. The number of aliphatic hydroxyl groups excluding tert-OH is 1. The van der Waals surface area contributed by atoms with Crippen LogP contribution in [0.4, 0.5) is 0 Å². The number of rotatable bonds is 1. The third-order valence-electron chi connectivity index (χ3n) is 6.78. The maximum absolute atomic E-state index is 12.7. The van der Waals surface area contributed by atoms with Gasteiger partial charge in [-0.25, -0.2) is 0 Å². The number of carbonyl (C=O) groups excluding carboxylic acids is 1. The first kappa shape index (κ1) is 14.7. The van der Waals surface area contributed by atoms with Gasteiger partial charge in [-0.3, -0.25) is 4.79 Å². The zero-order valence-electron chi connectivity index (χ0n) is 13.8. The number of methoxy groups -OCH3 is 1. The van der Waals surface area contributed by atoms with Gasteiger partial charge in [-0.1, -0.05) is 6.07 Å². The van der Waals surface area contributed by atoms with E-state index in [1.807, 2.05) is 19.2 Å². The molecule has 1 saturated heterocycles. The number of hydrogen-bond acceptors (Lipinski definition) is 6. The summed E-state index contributed by atoms with van der Waals surface area (Å²) in [5, 5.41) is 22.5. The van der Waals surface area contributed by atoms with Gasteiger partial charge in [-0.2, -0.15) is 0 Å². The molecule has 0 radical (unpaired) electrons. The first-order valence-electron chi connectivity index (χ1n) is 8.45. The number of nitrogens with zero attached hydrogens (tertiary/aromatic N) is 1. The molecule has 1 aromatic carbocycles. The van der Waals surface area contributed by atoms with Crippen molar-refractivity contribution in [2.45, 2.75) is 48.5 Å². The molecule has 2 fully saturated rings. The van der Waals surface area contributed by atoms with Crippen LogP contribution < -0.4 is 9.47 Å². The normalized spacial score (nSPS) is 42.5. The van der Waals surface area contributed by atoms with Crippen molar-refractivity contribution < 1.29 is 24.5 Å². The molecule has 5 atom stereocenters. The summed E-state index contributed by atoms with van der Waals surface area (Å²) in [6, 6.07) is 3.64. The van der Waals surface area contributed by atoms with Crippen molar-refractivity contribution in [3.05, 3.63) is 23.3 Å². The van der Waals surface area contributed by atoms with Crippen LogP contribution in [0, 0.1) is 0 Å². The fraction of sp³-hybridized carbons (Fsp3) is 0.611. The lowest BCUT2D eigenvalue weighted by Gasteiger charge is -2.63. The first-order chi connectivity index (χ1) is 11.4. The van der Waals surface area contributed by atoms with Crippen molar-refractivity contribution in [2.75, 3.05) is 20.7 Å². The summed E-state index contributed by atoms with van der Waals surface area (Å²) in [5.74, 6) is 1.02. The number of aliphatic hydroxyl groups is 2. The van der Waals surface area contributed by atoms with Crippen molar-refractivity contribution in [1.29, 1.82) is 0 Å². The highest BCUT2D eigenvalue weighted by atomic mass is 16.5. The molecule has 2 heterocycles. The van der Waals surface area contributed by atoms with Gasteiger partial charge in [0.15, 0.2) is 23.4 Å². The van der Waals surface area contributed by atoms with Crippen LogP contribution in [0.25, 0.3) is 0 Å². The predicted octanol–water partition coefficient (Wildman–Crippen LogP) is 0.0190. The largest absolute Gasteiger partial charge is 0.493 e. The molecule has 2 aliphatic carbocycles. The highest BCUT2D eigenvalue weighted by molar-refractivity contribution is 5.90. The molecule has 128 valence electrons. The van der Waals surface area contributed by atoms with Gasteiger partial charge in [0, 0.05) is 18.0 Å². The summed E-state index contributed by atoms with van der Waals surface area (Å²) in [6.45, 7) is 0.753. The van der Waals surface area contributed by atoms with Crippen LogP contribution in [0.3, 0.4) is 0 Å². The Hall–Kier alpha value is -1.63. The maximum atomic E-state index is 12.7. The molecule has 6 heteroatoms. The number of carbonyl (C=O) groups is 1. The van der Waals surface area contributed by atoms with E-state index in [1.165, 1.54) is 0 Å². The Balaban J connectivity index is 1.87. The van der Waals surface area contributed by atoms with Crippen molar-refractivity contribution in [3.63, 3.8) is 0 Å². The van der Waals surface area contributed by atoms with Gasteiger partial charge in [0.05, 0.1) is 18.6 Å². The van der Waals surface area contributed by atoms with Crippen LogP contribution in [-0.4, -0.2) is 65.4 Å². The zero-order valence-corrected chi connectivity index (χ0v) is 13.8. The molecule has 2 aliphatic heterocycles. The third-order valence-corrected chi connectivity index (χ3v) is 6.78. The predicted molar refractivity (Wildman–Crippen MR) is 84.4 cm³/mol. The number of benzene rings is 1. The summed E-state index contributed by atoms with van der Waals surface area (Å²) >= 11 is 0. The van der Waals surface area contributed by atoms with Gasteiger partial charge in [-0.05, 0) is 38.1 Å². The fourth-order valence-electron chi connectivity index (χ4n) is 5.73. The van der Waals surface area contributed by atoms with Gasteiger partial charge in [0.2, 0.25) is 0 Å². The summed E-state index contributed by atoms with van der Waals surface area (Å²) in [6.07, 6.45) is -0.686. The minimum absolute atomic E-state index is 0.0705. The smallest absolute Gasteiger partial charge is 0.177 e. The van der Waals surface area contributed by atoms with E-state index in [1.54, 1.807) is 7.11 Å². The number of Topliss-reactive ketones (excluding diaryl/α,β-unsaturated/α-hetero) is 1. The molecule has 0 aromatic heterocycles. The highest BCUT2D eigenvalue weighted by Crippen LogP contribution is 2.64. The van der Waals surface area contributed by atoms with Gasteiger partial charge in [-0.15, -0.1) is 0 Å². The topological polar surface area (TPSA) is 79.2 Å². The van der Waals surface area contributed by atoms with Crippen LogP contribution in [0.2, 0.25) is 0 Å². The van der Waals surface area contributed by atoms with Crippen LogP contribution in [0.15, 0.2) is 12.1 Å². The maximum Gasteiger partial charge on any atom is 0.177 e. The van der Waals surface area contributed by atoms with E-state index in [9.17, 15) is 15.0 Å². The van der Waals surface area contributed by atoms with Crippen molar-refractivity contribution in [1.82, 2.24) is 4.90 Å². The molecular formula is C18H21NO5. The number of ketones is 1. The Labute approximate surface area is 140 Å². The minimum atomic E-state index is -1.39. The lowest BCUT2D eigenvalue weighted by molar-refractivity contribution is -0.226. The standard InChI is InChI=1S/C18H21NO5/c1-19-6-5-17-14-9-3-4-11(23-2)15(14)24-16(17)10(20)8-13(21)18(17,22)12(19)7-9/h3-4,12-13,16,21-22H,5-8H2,1-2H3. The Morgan fingerprint density at radius 2 is 2.17 bits per heavy atom. The molecular weight excluding hydrogens is 310 g/mol. The summed E-state index contributed by atoms with van der Waals surface area (Å²) < 4.78 is 11.5. The number of hydrogen-bond donors (Lipinski definition) is 2. The second-order valence-electron chi connectivity index (χ2n) is 7.56. The van der Waals surface area contributed by atoms with Crippen LogP contribution in [0.1, 0.15) is 24.0 Å². The monoisotopic (exact) mass is 331 g/mol. The second kappa shape index (κ2) is 4.31. The molecule has 6 nitrogen and oxygen atoms in total. The Bertz CT molecular complexity index is 764. The summed E-state index contributed by atoms with van der Waals surface area (Å²) in [7, 11) is 3.54. The van der Waals surface area contributed by atoms with E-state index in [0.29, 0.717) is 24.3 Å². The molecule has 24 heavy (non-hydrogen) atoms. The van der Waals surface area contributed by atoms with Crippen LogP contribution >= 0.6 is 0 Å². The molecule has 5 unspecified atom stereocenters. The number of piperidine rings is 1. The van der Waals surface area contributed by atoms with E-state index in [2.05, 4.69) is 4.90 Å². The van der Waals surface area contributed by atoms with E-state index < -0.39 is 23.2 Å². The quantitative estimate of drug-likeness (QED) is 0.755. The zero-order chi connectivity index (χ0) is 16.9. The molecule has 1 spiro atoms. The Morgan fingerprint density at radius 3 is 2.92 bits per heavy atom. The average Bonchev–Trinajstić information content (AvgIpc) is 2.91. The second-order valence-corrected chi connectivity index (χ2v) is 7.56. The molecule has 1 saturated carbocycles. The molecule has 4 aliphatic rings. The Kier molecular flexibility index (Phi) is 2.64. The van der Waals surface area contributed by atoms with Gasteiger partial charge >= 0.3 is 0 Å². The highest BCUT2D eigenvalue weighted by Gasteiger charge is 2.75. The number of likely N-dealkylation sites (tertiary alicyclic amines) is 1. The molecule has 5 rings (SSSR count). The lowest BCUT2D eigenvalue weighted by atomic mass is 9.48.